The van der Waals surface area contributed by atoms with Gasteiger partial charge in [0.15, 0.2) is 5.78 Å². The molecule has 2 aromatic heterocycles. The van der Waals surface area contributed by atoms with E-state index in [1.807, 2.05) is 13.0 Å². The lowest BCUT2D eigenvalue weighted by molar-refractivity contribution is 0.102. The summed E-state index contributed by atoms with van der Waals surface area (Å²) in [5, 5.41) is 21.1. The molecule has 0 aliphatic rings. The van der Waals surface area contributed by atoms with Crippen LogP contribution in [-0.2, 0) is 6.42 Å². The molecule has 2 heterocycles. The van der Waals surface area contributed by atoms with Crippen LogP contribution in [0.1, 0.15) is 72.3 Å². The van der Waals surface area contributed by atoms with Crippen molar-refractivity contribution in [2.24, 2.45) is 5.92 Å². The quantitative estimate of drug-likeness (QED) is 0.241. The first-order valence-electron chi connectivity index (χ1n) is 10.5. The van der Waals surface area contributed by atoms with E-state index in [4.69, 9.17) is 9.52 Å². The average Bonchev–Trinajstić information content (AvgIpc) is 3.04. The third-order valence-electron chi connectivity index (χ3n) is 4.83. The van der Waals surface area contributed by atoms with E-state index in [2.05, 4.69) is 35.1 Å². The number of thiophene rings is 1. The Bertz CT molecular complexity index is 1130. The summed E-state index contributed by atoms with van der Waals surface area (Å²) in [5.74, 6) is -0.460. The molecule has 7 nitrogen and oxygen atoms in total. The van der Waals surface area contributed by atoms with Gasteiger partial charge in [0, 0.05) is 32.4 Å². The van der Waals surface area contributed by atoms with Crippen molar-refractivity contribution >= 4 is 45.2 Å². The molecule has 0 spiro atoms. The van der Waals surface area contributed by atoms with Gasteiger partial charge in [-0.15, -0.1) is 11.3 Å². The molecule has 1 amide bonds. The molecule has 0 aliphatic heterocycles. The van der Waals surface area contributed by atoms with E-state index in [9.17, 15) is 19.5 Å². The minimum absolute atomic E-state index is 0.222. The number of halogens is 1. The molecule has 2 aromatic rings. The molecule has 0 bridgehead atoms. The second kappa shape index (κ2) is 12.0. The standard InChI is InChI=1S/C24H28BrNO6S/c1-13(2)9-16-11-17(25)20(33-16)10-15(4)22(28)21-18(27)12-19(32-23(21)29)14(3)7-5-6-8-26-24(30)31/h6,8,10-14,26-27H,5,7,9H2,1-4H3,(H,30,31)/b8-6+,15-10?. The number of nitrogens with one attached hydrogen (secondary N) is 1. The number of Topliss-reactive ketones (excluding diaryl/α,β-unsaturated/α-hetero) is 1. The molecular weight excluding hydrogens is 510 g/mol. The molecule has 0 saturated carbocycles. The van der Waals surface area contributed by atoms with E-state index >= 15 is 0 Å². The maximum atomic E-state index is 12.9. The number of carbonyl (C=O) groups excluding carboxylic acids is 1. The van der Waals surface area contributed by atoms with Crippen LogP contribution in [0.25, 0.3) is 6.08 Å². The van der Waals surface area contributed by atoms with E-state index in [1.165, 1.54) is 17.1 Å². The molecule has 33 heavy (non-hydrogen) atoms. The maximum absolute atomic E-state index is 12.9. The van der Waals surface area contributed by atoms with Crippen LogP contribution in [0.5, 0.6) is 5.75 Å². The molecule has 0 aromatic carbocycles. The summed E-state index contributed by atoms with van der Waals surface area (Å²) in [7, 11) is 0. The molecular formula is C24H28BrNO6S. The number of aromatic hydroxyl groups is 1. The number of carbonyl (C=O) groups is 2. The zero-order valence-electron chi connectivity index (χ0n) is 19.0. The van der Waals surface area contributed by atoms with E-state index in [-0.39, 0.29) is 17.2 Å². The Morgan fingerprint density at radius 2 is 1.97 bits per heavy atom. The topological polar surface area (TPSA) is 117 Å². The van der Waals surface area contributed by atoms with Gasteiger partial charge in [-0.2, -0.15) is 0 Å². The predicted octanol–water partition coefficient (Wildman–Crippen LogP) is 6.32. The van der Waals surface area contributed by atoms with Crippen molar-refractivity contribution < 1.29 is 24.2 Å². The second-order valence-corrected chi connectivity index (χ2v) is 10.2. The minimum atomic E-state index is -1.15. The van der Waals surface area contributed by atoms with Crippen LogP contribution < -0.4 is 10.9 Å². The van der Waals surface area contributed by atoms with Crippen LogP contribution in [0.2, 0.25) is 0 Å². The molecule has 0 fully saturated rings. The number of rotatable bonds is 10. The Labute approximate surface area is 205 Å². The van der Waals surface area contributed by atoms with Crippen molar-refractivity contribution in [2.75, 3.05) is 0 Å². The lowest BCUT2D eigenvalue weighted by atomic mass is 10.00. The number of hydrogen-bond donors (Lipinski definition) is 3. The zero-order chi connectivity index (χ0) is 24.7. The van der Waals surface area contributed by atoms with Gasteiger partial charge < -0.3 is 14.6 Å². The highest BCUT2D eigenvalue weighted by molar-refractivity contribution is 9.10. The monoisotopic (exact) mass is 537 g/mol. The molecule has 0 radical (unpaired) electrons. The van der Waals surface area contributed by atoms with E-state index in [0.717, 1.165) is 15.8 Å². The van der Waals surface area contributed by atoms with E-state index < -0.39 is 23.3 Å². The predicted molar refractivity (Wildman–Crippen MR) is 133 cm³/mol. The molecule has 3 N–H and O–H groups in total. The summed E-state index contributed by atoms with van der Waals surface area (Å²) >= 11 is 5.09. The second-order valence-electron chi connectivity index (χ2n) is 8.21. The van der Waals surface area contributed by atoms with Crippen LogP contribution in [0.4, 0.5) is 4.79 Å². The number of hydrogen-bond acceptors (Lipinski definition) is 6. The third-order valence-corrected chi connectivity index (χ3v) is 6.86. The largest absolute Gasteiger partial charge is 0.507 e. The van der Waals surface area contributed by atoms with E-state index in [0.29, 0.717) is 24.3 Å². The van der Waals surface area contributed by atoms with Crippen molar-refractivity contribution in [3.63, 3.8) is 0 Å². The summed E-state index contributed by atoms with van der Waals surface area (Å²) in [6.07, 6.45) is 5.53. The van der Waals surface area contributed by atoms with Crippen molar-refractivity contribution in [2.45, 2.75) is 52.9 Å². The highest BCUT2D eigenvalue weighted by Crippen LogP contribution is 2.32. The number of carboxylic acid groups (broad SMARTS) is 1. The molecule has 9 heteroatoms. The molecule has 178 valence electrons. The van der Waals surface area contributed by atoms with Gasteiger partial charge in [-0.1, -0.05) is 26.8 Å². The van der Waals surface area contributed by atoms with Gasteiger partial charge in [0.25, 0.3) is 0 Å². The first-order valence-corrected chi connectivity index (χ1v) is 12.1. The minimum Gasteiger partial charge on any atom is -0.507 e. The van der Waals surface area contributed by atoms with Gasteiger partial charge in [-0.05, 0) is 65.7 Å². The van der Waals surface area contributed by atoms with Crippen LogP contribution in [0.3, 0.4) is 0 Å². The fraction of sp³-hybridized carbons (Fsp3) is 0.375. The van der Waals surface area contributed by atoms with Crippen molar-refractivity contribution in [3.05, 3.63) is 66.0 Å². The van der Waals surface area contributed by atoms with Crippen LogP contribution in [0, 0.1) is 5.92 Å². The van der Waals surface area contributed by atoms with Gasteiger partial charge in [-0.25, -0.2) is 9.59 Å². The fourth-order valence-electron chi connectivity index (χ4n) is 3.15. The van der Waals surface area contributed by atoms with Gasteiger partial charge in [0.2, 0.25) is 0 Å². The molecule has 0 aliphatic carbocycles. The Kier molecular flexibility index (Phi) is 9.67. The van der Waals surface area contributed by atoms with Crippen LogP contribution >= 0.6 is 27.3 Å². The summed E-state index contributed by atoms with van der Waals surface area (Å²) < 4.78 is 6.21. The normalized spacial score (nSPS) is 13.0. The SMILES string of the molecule is CC(=Cc1sc(CC(C)C)cc1Br)C(=O)c1c(O)cc(C(C)CC/C=C/NC(=O)O)oc1=O. The maximum Gasteiger partial charge on any atom is 0.408 e. The summed E-state index contributed by atoms with van der Waals surface area (Å²) in [6.45, 7) is 7.69. The number of amides is 1. The summed E-state index contributed by atoms with van der Waals surface area (Å²) in [5.41, 5.74) is -0.961. The van der Waals surface area contributed by atoms with Gasteiger partial charge in [0.1, 0.15) is 17.1 Å². The summed E-state index contributed by atoms with van der Waals surface area (Å²) in [4.78, 5) is 37.9. The van der Waals surface area contributed by atoms with Crippen LogP contribution in [0.15, 0.2) is 43.7 Å². The van der Waals surface area contributed by atoms with E-state index in [1.54, 1.807) is 30.4 Å². The molecule has 1 unspecified atom stereocenters. The first-order chi connectivity index (χ1) is 15.5. The lowest BCUT2D eigenvalue weighted by Gasteiger charge is -2.11. The van der Waals surface area contributed by atoms with Crippen LogP contribution in [-0.4, -0.2) is 22.1 Å². The average molecular weight is 538 g/mol. The summed E-state index contributed by atoms with van der Waals surface area (Å²) in [6, 6.07) is 3.33. The fourth-order valence-corrected chi connectivity index (χ4v) is 5.20. The highest BCUT2D eigenvalue weighted by atomic mass is 79.9. The molecule has 2 rings (SSSR count). The van der Waals surface area contributed by atoms with Gasteiger partial charge >= 0.3 is 11.7 Å². The van der Waals surface area contributed by atoms with Gasteiger partial charge in [0.05, 0.1) is 0 Å². The Balaban J connectivity index is 2.18. The number of ketones is 1. The Hall–Kier alpha value is -2.65. The smallest absolute Gasteiger partial charge is 0.408 e. The Morgan fingerprint density at radius 1 is 1.27 bits per heavy atom. The first kappa shape index (κ1) is 26.6. The number of allylic oxidation sites excluding steroid dienone is 2. The zero-order valence-corrected chi connectivity index (χ0v) is 21.4. The third kappa shape index (κ3) is 7.71. The highest BCUT2D eigenvalue weighted by Gasteiger charge is 2.22. The molecule has 0 saturated heterocycles. The van der Waals surface area contributed by atoms with Gasteiger partial charge in [-0.3, -0.25) is 10.1 Å². The van der Waals surface area contributed by atoms with Crippen molar-refractivity contribution in [3.8, 4) is 5.75 Å². The lowest BCUT2D eigenvalue weighted by Crippen LogP contribution is -2.16. The van der Waals surface area contributed by atoms with Crippen molar-refractivity contribution in [1.82, 2.24) is 5.32 Å². The Morgan fingerprint density at radius 3 is 2.58 bits per heavy atom. The van der Waals surface area contributed by atoms with Crippen molar-refractivity contribution in [1.29, 1.82) is 0 Å². The molecule has 1 atom stereocenters.